The van der Waals surface area contributed by atoms with Crippen LogP contribution < -0.4 is 5.32 Å². The lowest BCUT2D eigenvalue weighted by Gasteiger charge is -2.10. The predicted molar refractivity (Wildman–Crippen MR) is 67.0 cm³/mol. The van der Waals surface area contributed by atoms with Gasteiger partial charge in [0.1, 0.15) is 0 Å². The summed E-state index contributed by atoms with van der Waals surface area (Å²) in [6.45, 7) is 2.12. The van der Waals surface area contributed by atoms with E-state index < -0.39 is 6.10 Å². The molecule has 0 fully saturated rings. The fourth-order valence-electron chi connectivity index (χ4n) is 1.73. The molecular formula is C12H17N3O2. The molecule has 0 bridgehead atoms. The number of anilines is 1. The van der Waals surface area contributed by atoms with Gasteiger partial charge in [0.2, 0.25) is 0 Å². The molecule has 0 aliphatic rings. The molecule has 5 nitrogen and oxygen atoms in total. The highest BCUT2D eigenvalue weighted by Crippen LogP contribution is 2.21. The summed E-state index contributed by atoms with van der Waals surface area (Å²) in [7, 11) is 1.91. The van der Waals surface area contributed by atoms with Crippen molar-refractivity contribution in [1.82, 2.24) is 9.78 Å². The van der Waals surface area contributed by atoms with Crippen LogP contribution in [-0.2, 0) is 7.05 Å². The summed E-state index contributed by atoms with van der Waals surface area (Å²) in [6.07, 6.45) is -0.735. The van der Waals surface area contributed by atoms with Crippen molar-refractivity contribution in [2.75, 3.05) is 18.5 Å². The second kappa shape index (κ2) is 4.73. The molecule has 0 saturated heterocycles. The molecule has 2 aromatic rings. The third-order valence-corrected chi connectivity index (χ3v) is 2.88. The number of aliphatic hydroxyl groups is 2. The molecule has 1 aromatic carbocycles. The third kappa shape index (κ3) is 2.40. The van der Waals surface area contributed by atoms with Gasteiger partial charge in [-0.05, 0) is 25.1 Å². The number of nitrogens with zero attached hydrogens (tertiary/aromatic N) is 2. The lowest BCUT2D eigenvalue weighted by Crippen LogP contribution is -2.22. The van der Waals surface area contributed by atoms with Crippen LogP contribution in [0.25, 0.3) is 10.9 Å². The maximum absolute atomic E-state index is 9.26. The van der Waals surface area contributed by atoms with Crippen molar-refractivity contribution in [1.29, 1.82) is 0 Å². The second-order valence-electron chi connectivity index (χ2n) is 4.16. The molecule has 0 aliphatic heterocycles. The Morgan fingerprint density at radius 3 is 2.94 bits per heavy atom. The Labute approximate surface area is 99.7 Å². The standard InChI is InChI=1S/C12H17N3O2/c1-8-11-5-9(13-6-10(17)7-16)3-4-12(11)14-15(8)2/h3-5,10,13,16-17H,6-7H2,1-2H3. The predicted octanol–water partition coefficient (Wildman–Crippen LogP) is 0.647. The van der Waals surface area contributed by atoms with Crippen molar-refractivity contribution in [3.63, 3.8) is 0 Å². The molecule has 1 heterocycles. The number of fused-ring (bicyclic) bond motifs is 1. The third-order valence-electron chi connectivity index (χ3n) is 2.88. The van der Waals surface area contributed by atoms with Gasteiger partial charge in [0, 0.05) is 30.4 Å². The number of aryl methyl sites for hydroxylation is 2. The molecule has 1 aromatic heterocycles. The average molecular weight is 235 g/mol. The maximum atomic E-state index is 9.26. The van der Waals surface area contributed by atoms with Crippen LogP contribution in [0.2, 0.25) is 0 Å². The molecule has 2 rings (SSSR count). The van der Waals surface area contributed by atoms with Gasteiger partial charge in [-0.3, -0.25) is 4.68 Å². The van der Waals surface area contributed by atoms with E-state index in [-0.39, 0.29) is 6.61 Å². The van der Waals surface area contributed by atoms with E-state index in [2.05, 4.69) is 10.4 Å². The van der Waals surface area contributed by atoms with Crippen LogP contribution in [0.1, 0.15) is 5.69 Å². The van der Waals surface area contributed by atoms with E-state index in [0.717, 1.165) is 22.3 Å². The first kappa shape index (κ1) is 11.9. The molecular weight excluding hydrogens is 218 g/mol. The van der Waals surface area contributed by atoms with E-state index in [4.69, 9.17) is 5.11 Å². The summed E-state index contributed by atoms with van der Waals surface area (Å²) >= 11 is 0. The topological polar surface area (TPSA) is 70.3 Å². The van der Waals surface area contributed by atoms with Crippen molar-refractivity contribution >= 4 is 16.6 Å². The van der Waals surface area contributed by atoms with Crippen LogP contribution in [0.4, 0.5) is 5.69 Å². The highest BCUT2D eigenvalue weighted by Gasteiger charge is 2.06. The molecule has 17 heavy (non-hydrogen) atoms. The van der Waals surface area contributed by atoms with Crippen LogP contribution in [0, 0.1) is 6.92 Å². The molecule has 5 heteroatoms. The van der Waals surface area contributed by atoms with Crippen LogP contribution in [0.5, 0.6) is 0 Å². The summed E-state index contributed by atoms with van der Waals surface area (Å²) in [5, 5.41) is 26.5. The Morgan fingerprint density at radius 1 is 1.47 bits per heavy atom. The summed E-state index contributed by atoms with van der Waals surface area (Å²) in [5.74, 6) is 0. The number of aromatic nitrogens is 2. The maximum Gasteiger partial charge on any atom is 0.0942 e. The van der Waals surface area contributed by atoms with Gasteiger partial charge in [-0.15, -0.1) is 0 Å². The first-order chi connectivity index (χ1) is 8.11. The average Bonchev–Trinajstić information content (AvgIpc) is 2.62. The largest absolute Gasteiger partial charge is 0.394 e. The zero-order chi connectivity index (χ0) is 12.4. The van der Waals surface area contributed by atoms with Crippen molar-refractivity contribution in [2.45, 2.75) is 13.0 Å². The van der Waals surface area contributed by atoms with Crippen LogP contribution >= 0.6 is 0 Å². The summed E-state index contributed by atoms with van der Waals surface area (Å²) in [4.78, 5) is 0. The van der Waals surface area contributed by atoms with Crippen molar-refractivity contribution in [2.24, 2.45) is 7.05 Å². The monoisotopic (exact) mass is 235 g/mol. The second-order valence-corrected chi connectivity index (χ2v) is 4.16. The van der Waals surface area contributed by atoms with Gasteiger partial charge >= 0.3 is 0 Å². The minimum Gasteiger partial charge on any atom is -0.394 e. The Hall–Kier alpha value is -1.59. The van der Waals surface area contributed by atoms with Crippen LogP contribution in [-0.4, -0.2) is 39.2 Å². The SMILES string of the molecule is Cc1c2cc(NCC(O)CO)ccc2nn1C. The molecule has 92 valence electrons. The van der Waals surface area contributed by atoms with Crippen LogP contribution in [0.3, 0.4) is 0 Å². The Morgan fingerprint density at radius 2 is 2.24 bits per heavy atom. The number of hydrogen-bond donors (Lipinski definition) is 3. The van der Waals surface area contributed by atoms with E-state index in [1.54, 1.807) is 0 Å². The van der Waals surface area contributed by atoms with Gasteiger partial charge in [0.25, 0.3) is 0 Å². The summed E-state index contributed by atoms with van der Waals surface area (Å²) in [6, 6.07) is 5.86. The first-order valence-corrected chi connectivity index (χ1v) is 5.58. The lowest BCUT2D eigenvalue weighted by molar-refractivity contribution is 0.105. The van der Waals surface area contributed by atoms with Crippen molar-refractivity contribution in [3.8, 4) is 0 Å². The van der Waals surface area contributed by atoms with Crippen molar-refractivity contribution in [3.05, 3.63) is 23.9 Å². The molecule has 1 atom stereocenters. The molecule has 0 aliphatic carbocycles. The van der Waals surface area contributed by atoms with Gasteiger partial charge in [-0.2, -0.15) is 5.10 Å². The Bertz CT molecular complexity index is 522. The zero-order valence-electron chi connectivity index (χ0n) is 10.0. The number of nitrogens with one attached hydrogen (secondary N) is 1. The van der Waals surface area contributed by atoms with Gasteiger partial charge in [0.15, 0.2) is 0 Å². The van der Waals surface area contributed by atoms with E-state index in [9.17, 15) is 5.11 Å². The molecule has 1 unspecified atom stereocenters. The first-order valence-electron chi connectivity index (χ1n) is 5.58. The minimum absolute atomic E-state index is 0.235. The van der Waals surface area contributed by atoms with Crippen LogP contribution in [0.15, 0.2) is 18.2 Å². The van der Waals surface area contributed by atoms with Gasteiger partial charge < -0.3 is 15.5 Å². The van der Waals surface area contributed by atoms with Gasteiger partial charge in [-0.25, -0.2) is 0 Å². The number of rotatable bonds is 4. The fraction of sp³-hybridized carbons (Fsp3) is 0.417. The normalized spacial score (nSPS) is 12.9. The molecule has 0 radical (unpaired) electrons. The molecule has 3 N–H and O–H groups in total. The van der Waals surface area contributed by atoms with E-state index >= 15 is 0 Å². The molecule has 0 saturated carbocycles. The van der Waals surface area contributed by atoms with Crippen molar-refractivity contribution < 1.29 is 10.2 Å². The minimum atomic E-state index is -0.735. The highest BCUT2D eigenvalue weighted by molar-refractivity contribution is 5.84. The summed E-state index contributed by atoms with van der Waals surface area (Å²) < 4.78 is 1.84. The molecule has 0 spiro atoms. The Kier molecular flexibility index (Phi) is 3.31. The smallest absolute Gasteiger partial charge is 0.0942 e. The van der Waals surface area contributed by atoms with E-state index in [1.807, 2.05) is 36.9 Å². The summed E-state index contributed by atoms with van der Waals surface area (Å²) in [5.41, 5.74) is 2.98. The van der Waals surface area contributed by atoms with E-state index in [0.29, 0.717) is 6.54 Å². The van der Waals surface area contributed by atoms with Gasteiger partial charge in [0.05, 0.1) is 18.2 Å². The number of hydrogen-bond acceptors (Lipinski definition) is 4. The number of aliphatic hydroxyl groups excluding tert-OH is 2. The van der Waals surface area contributed by atoms with Gasteiger partial charge in [-0.1, -0.05) is 0 Å². The molecule has 0 amide bonds. The number of benzene rings is 1. The fourth-order valence-corrected chi connectivity index (χ4v) is 1.73. The quantitative estimate of drug-likeness (QED) is 0.727. The zero-order valence-corrected chi connectivity index (χ0v) is 10.0. The van der Waals surface area contributed by atoms with E-state index in [1.165, 1.54) is 0 Å². The Balaban J connectivity index is 2.22. The highest BCUT2D eigenvalue weighted by atomic mass is 16.3. The lowest BCUT2D eigenvalue weighted by atomic mass is 10.2.